The van der Waals surface area contributed by atoms with Gasteiger partial charge in [0.1, 0.15) is 0 Å². The largest absolute Gasteiger partial charge is 0.316 e. The quantitative estimate of drug-likeness (QED) is 0.798. The van der Waals surface area contributed by atoms with Crippen molar-refractivity contribution >= 4 is 0 Å². The van der Waals surface area contributed by atoms with E-state index in [9.17, 15) is 0 Å². The van der Waals surface area contributed by atoms with Crippen molar-refractivity contribution in [1.29, 1.82) is 0 Å². The van der Waals surface area contributed by atoms with E-state index in [1.165, 1.54) is 28.7 Å². The lowest BCUT2D eigenvalue weighted by molar-refractivity contribution is 0.634. The first-order valence-electron chi connectivity index (χ1n) is 6.80. The summed E-state index contributed by atoms with van der Waals surface area (Å²) in [5, 5.41) is 3.56. The van der Waals surface area contributed by atoms with Crippen molar-refractivity contribution < 1.29 is 0 Å². The predicted molar refractivity (Wildman–Crippen MR) is 76.9 cm³/mol. The second kappa shape index (κ2) is 4.95. The van der Waals surface area contributed by atoms with E-state index < -0.39 is 0 Å². The molecule has 1 aliphatic carbocycles. The smallest absolute Gasteiger partial charge is 0.0227 e. The Morgan fingerprint density at radius 2 is 1.44 bits per heavy atom. The second-order valence-electron chi connectivity index (χ2n) is 4.93. The van der Waals surface area contributed by atoms with Crippen LogP contribution < -0.4 is 5.32 Å². The van der Waals surface area contributed by atoms with E-state index in [1.54, 1.807) is 0 Å². The van der Waals surface area contributed by atoms with Gasteiger partial charge in [0, 0.05) is 12.5 Å². The van der Waals surface area contributed by atoms with Crippen LogP contribution in [0.4, 0.5) is 0 Å². The van der Waals surface area contributed by atoms with Crippen LogP contribution in [0.2, 0.25) is 0 Å². The van der Waals surface area contributed by atoms with Gasteiger partial charge in [-0.2, -0.15) is 0 Å². The van der Waals surface area contributed by atoms with Crippen molar-refractivity contribution in [2.75, 3.05) is 13.1 Å². The van der Waals surface area contributed by atoms with Crippen molar-refractivity contribution in [3.8, 4) is 11.1 Å². The molecule has 0 unspecified atom stereocenters. The number of fused-ring (bicyclic) bond motifs is 3. The summed E-state index contributed by atoms with van der Waals surface area (Å²) in [5.74, 6) is 0.518. The molecule has 0 bridgehead atoms. The van der Waals surface area contributed by atoms with E-state index in [4.69, 9.17) is 0 Å². The monoisotopic (exact) mass is 237 g/mol. The fourth-order valence-corrected chi connectivity index (χ4v) is 2.90. The highest BCUT2D eigenvalue weighted by Gasteiger charge is 2.27. The summed E-state index contributed by atoms with van der Waals surface area (Å²) in [6.07, 6.45) is 1.19. The molecule has 0 saturated carbocycles. The Hall–Kier alpha value is -1.60. The Labute approximate surface area is 109 Å². The van der Waals surface area contributed by atoms with Crippen LogP contribution in [0.3, 0.4) is 0 Å². The minimum atomic E-state index is 0.518. The standard InChI is InChI=1S/C17H19N/c1-2-11-18-12-17-15-9-5-3-7-13(15)14-8-4-6-10-16(14)17/h3-10,17-18H,2,11-12H2,1H3. The number of benzene rings is 2. The first-order valence-corrected chi connectivity index (χ1v) is 6.80. The van der Waals surface area contributed by atoms with E-state index in [-0.39, 0.29) is 0 Å². The number of hydrogen-bond donors (Lipinski definition) is 1. The Bertz CT molecular complexity index is 499. The third kappa shape index (κ3) is 1.85. The minimum absolute atomic E-state index is 0.518. The lowest BCUT2D eigenvalue weighted by Gasteiger charge is -2.14. The molecule has 1 aliphatic rings. The summed E-state index contributed by atoms with van der Waals surface area (Å²) < 4.78 is 0. The Morgan fingerprint density at radius 3 is 2.00 bits per heavy atom. The van der Waals surface area contributed by atoms with Crippen LogP contribution in [0.1, 0.15) is 30.4 Å². The molecule has 18 heavy (non-hydrogen) atoms. The van der Waals surface area contributed by atoms with Gasteiger partial charge in [0.25, 0.3) is 0 Å². The van der Waals surface area contributed by atoms with Crippen LogP contribution >= 0.6 is 0 Å². The van der Waals surface area contributed by atoms with Crippen molar-refractivity contribution in [3.63, 3.8) is 0 Å². The average Bonchev–Trinajstić information content (AvgIpc) is 2.74. The fourth-order valence-electron chi connectivity index (χ4n) is 2.90. The molecule has 0 aromatic heterocycles. The van der Waals surface area contributed by atoms with Gasteiger partial charge in [0.05, 0.1) is 0 Å². The number of rotatable bonds is 4. The Morgan fingerprint density at radius 1 is 0.889 bits per heavy atom. The molecule has 2 aromatic carbocycles. The molecular weight excluding hydrogens is 218 g/mol. The van der Waals surface area contributed by atoms with E-state index in [0.717, 1.165) is 13.1 Å². The van der Waals surface area contributed by atoms with Crippen LogP contribution in [-0.2, 0) is 0 Å². The van der Waals surface area contributed by atoms with Gasteiger partial charge < -0.3 is 5.32 Å². The zero-order valence-electron chi connectivity index (χ0n) is 10.8. The molecule has 2 aromatic rings. The first-order chi connectivity index (χ1) is 8.92. The molecule has 1 nitrogen and oxygen atoms in total. The molecule has 3 rings (SSSR count). The van der Waals surface area contributed by atoms with Crippen molar-refractivity contribution in [1.82, 2.24) is 5.32 Å². The maximum Gasteiger partial charge on any atom is 0.0227 e. The van der Waals surface area contributed by atoms with Gasteiger partial charge in [-0.05, 0) is 35.2 Å². The summed E-state index contributed by atoms with van der Waals surface area (Å²) in [7, 11) is 0. The zero-order chi connectivity index (χ0) is 12.4. The van der Waals surface area contributed by atoms with Crippen LogP contribution in [0.15, 0.2) is 48.5 Å². The average molecular weight is 237 g/mol. The molecule has 0 amide bonds. The van der Waals surface area contributed by atoms with Gasteiger partial charge in [0.15, 0.2) is 0 Å². The molecule has 1 N–H and O–H groups in total. The zero-order valence-corrected chi connectivity index (χ0v) is 10.8. The van der Waals surface area contributed by atoms with Crippen LogP contribution in [0.25, 0.3) is 11.1 Å². The molecule has 0 aliphatic heterocycles. The highest BCUT2D eigenvalue weighted by molar-refractivity contribution is 5.78. The van der Waals surface area contributed by atoms with Crippen LogP contribution in [-0.4, -0.2) is 13.1 Å². The number of hydrogen-bond acceptors (Lipinski definition) is 1. The van der Waals surface area contributed by atoms with Crippen LogP contribution in [0, 0.1) is 0 Å². The molecule has 0 atom stereocenters. The summed E-state index contributed by atoms with van der Waals surface area (Å²) in [6, 6.07) is 17.6. The normalized spacial score (nSPS) is 13.4. The third-order valence-corrected chi connectivity index (χ3v) is 3.74. The molecule has 0 saturated heterocycles. The molecule has 92 valence electrons. The van der Waals surface area contributed by atoms with E-state index in [0.29, 0.717) is 5.92 Å². The number of nitrogens with one attached hydrogen (secondary N) is 1. The lowest BCUT2D eigenvalue weighted by Crippen LogP contribution is -2.21. The molecule has 0 heterocycles. The third-order valence-electron chi connectivity index (χ3n) is 3.74. The van der Waals surface area contributed by atoms with Gasteiger partial charge in [-0.15, -0.1) is 0 Å². The SMILES string of the molecule is CCCNCC1c2ccccc2-c2ccccc21. The minimum Gasteiger partial charge on any atom is -0.316 e. The van der Waals surface area contributed by atoms with E-state index >= 15 is 0 Å². The first kappa shape index (κ1) is 11.5. The van der Waals surface area contributed by atoms with E-state index in [1.807, 2.05) is 0 Å². The molecule has 0 fully saturated rings. The molecule has 0 spiro atoms. The predicted octanol–water partition coefficient (Wildman–Crippen LogP) is 3.80. The summed E-state index contributed by atoms with van der Waals surface area (Å²) in [5.41, 5.74) is 5.78. The Balaban J connectivity index is 1.98. The summed E-state index contributed by atoms with van der Waals surface area (Å²) in [6.45, 7) is 4.35. The topological polar surface area (TPSA) is 12.0 Å². The van der Waals surface area contributed by atoms with Crippen molar-refractivity contribution in [2.24, 2.45) is 0 Å². The maximum absolute atomic E-state index is 3.56. The maximum atomic E-state index is 3.56. The highest BCUT2D eigenvalue weighted by atomic mass is 14.9. The van der Waals surface area contributed by atoms with Crippen molar-refractivity contribution in [2.45, 2.75) is 19.3 Å². The van der Waals surface area contributed by atoms with Crippen molar-refractivity contribution in [3.05, 3.63) is 59.7 Å². The van der Waals surface area contributed by atoms with Gasteiger partial charge in [-0.3, -0.25) is 0 Å². The van der Waals surface area contributed by atoms with Gasteiger partial charge >= 0.3 is 0 Å². The van der Waals surface area contributed by atoms with Gasteiger partial charge in [-0.25, -0.2) is 0 Å². The van der Waals surface area contributed by atoms with E-state index in [2.05, 4.69) is 60.8 Å². The molecule has 1 heteroatoms. The Kier molecular flexibility index (Phi) is 3.16. The molecule has 0 radical (unpaired) electrons. The van der Waals surface area contributed by atoms with Gasteiger partial charge in [0.2, 0.25) is 0 Å². The molecular formula is C17H19N. The lowest BCUT2D eigenvalue weighted by atomic mass is 9.97. The summed E-state index contributed by atoms with van der Waals surface area (Å²) in [4.78, 5) is 0. The van der Waals surface area contributed by atoms with Crippen LogP contribution in [0.5, 0.6) is 0 Å². The second-order valence-corrected chi connectivity index (χ2v) is 4.93. The highest BCUT2D eigenvalue weighted by Crippen LogP contribution is 2.43. The summed E-state index contributed by atoms with van der Waals surface area (Å²) >= 11 is 0. The fraction of sp³-hybridized carbons (Fsp3) is 0.294. The van der Waals surface area contributed by atoms with Gasteiger partial charge in [-0.1, -0.05) is 55.5 Å².